The van der Waals surface area contributed by atoms with E-state index in [2.05, 4.69) is 25.9 Å². The van der Waals surface area contributed by atoms with Crippen molar-refractivity contribution in [1.29, 1.82) is 0 Å². The molecule has 34 heavy (non-hydrogen) atoms. The number of ketones is 1. The summed E-state index contributed by atoms with van der Waals surface area (Å²) in [5.41, 5.74) is 3.72. The van der Waals surface area contributed by atoms with Crippen molar-refractivity contribution in [2.75, 3.05) is 30.3 Å². The average Bonchev–Trinajstić information content (AvgIpc) is 2.99. The molecular formula is C24H20N6O4. The minimum Gasteiger partial charge on any atom is -0.353 e. The number of para-hydroxylation sites is 1. The van der Waals surface area contributed by atoms with Crippen molar-refractivity contribution in [1.82, 2.24) is 20.2 Å². The number of fused-ring (bicyclic) bond motifs is 3. The van der Waals surface area contributed by atoms with Crippen LogP contribution in [0.15, 0.2) is 54.7 Å². The molecule has 2 aliphatic heterocycles. The zero-order valence-electron chi connectivity index (χ0n) is 18.0. The van der Waals surface area contributed by atoms with Gasteiger partial charge in [-0.3, -0.25) is 19.2 Å². The third-order valence-electron chi connectivity index (χ3n) is 5.59. The van der Waals surface area contributed by atoms with Crippen LogP contribution in [0.4, 0.5) is 17.3 Å². The fraction of sp³-hybridized carbons (Fsp3) is 0.167. The minimum atomic E-state index is -0.702. The van der Waals surface area contributed by atoms with Gasteiger partial charge in [-0.15, -0.1) is 0 Å². The normalized spacial score (nSPS) is 14.8. The summed E-state index contributed by atoms with van der Waals surface area (Å²) in [5.74, 6) is -1.45. The first-order valence-corrected chi connectivity index (χ1v) is 10.7. The molecule has 0 radical (unpaired) electrons. The predicted octanol–water partition coefficient (Wildman–Crippen LogP) is 1.52. The second-order valence-electron chi connectivity index (χ2n) is 7.95. The number of nitrogens with one attached hydrogen (secondary N) is 3. The minimum absolute atomic E-state index is 0.121. The monoisotopic (exact) mass is 456 g/mol. The number of rotatable bonds is 4. The highest BCUT2D eigenvalue weighted by Crippen LogP contribution is 2.32. The number of hydrogen-bond donors (Lipinski definition) is 3. The highest BCUT2D eigenvalue weighted by Gasteiger charge is 2.27. The van der Waals surface area contributed by atoms with Crippen LogP contribution < -0.4 is 16.0 Å². The second-order valence-corrected chi connectivity index (χ2v) is 7.95. The molecule has 2 aliphatic rings. The Labute approximate surface area is 194 Å². The van der Waals surface area contributed by atoms with Gasteiger partial charge < -0.3 is 20.9 Å². The van der Waals surface area contributed by atoms with E-state index in [1.165, 1.54) is 17.0 Å². The molecule has 10 nitrogen and oxygen atoms in total. The summed E-state index contributed by atoms with van der Waals surface area (Å²) < 4.78 is 0. The zero-order chi connectivity index (χ0) is 23.7. The topological polar surface area (TPSA) is 133 Å². The van der Waals surface area contributed by atoms with E-state index in [-0.39, 0.29) is 30.3 Å². The summed E-state index contributed by atoms with van der Waals surface area (Å²) in [6.45, 7) is 0.510. The van der Waals surface area contributed by atoms with Crippen LogP contribution >= 0.6 is 0 Å². The first kappa shape index (κ1) is 21.3. The zero-order valence-corrected chi connectivity index (χ0v) is 18.0. The number of nitrogens with zero attached hydrogens (tertiary/aromatic N) is 3. The largest absolute Gasteiger partial charge is 0.353 e. The predicted molar refractivity (Wildman–Crippen MR) is 123 cm³/mol. The van der Waals surface area contributed by atoms with Crippen molar-refractivity contribution in [3.05, 3.63) is 65.9 Å². The molecule has 0 atom stereocenters. The van der Waals surface area contributed by atoms with Crippen molar-refractivity contribution >= 4 is 40.8 Å². The van der Waals surface area contributed by atoms with E-state index in [0.717, 1.165) is 11.1 Å². The molecule has 0 spiro atoms. The fourth-order valence-electron chi connectivity index (χ4n) is 3.91. The number of amides is 3. The van der Waals surface area contributed by atoms with Gasteiger partial charge in [-0.2, -0.15) is 0 Å². The van der Waals surface area contributed by atoms with Crippen LogP contribution in [0.2, 0.25) is 0 Å². The van der Waals surface area contributed by atoms with Crippen LogP contribution in [-0.4, -0.2) is 58.0 Å². The van der Waals surface area contributed by atoms with Gasteiger partial charge in [0.1, 0.15) is 6.54 Å². The first-order chi connectivity index (χ1) is 16.5. The Bertz CT molecular complexity index is 1320. The molecule has 2 aromatic carbocycles. The number of aromatic nitrogens is 2. The molecule has 0 unspecified atom stereocenters. The van der Waals surface area contributed by atoms with Crippen LogP contribution in [0.5, 0.6) is 0 Å². The summed E-state index contributed by atoms with van der Waals surface area (Å²) in [7, 11) is 0. The number of carbonyl (C=O) groups is 4. The molecule has 170 valence electrons. The molecule has 1 saturated heterocycles. The summed E-state index contributed by atoms with van der Waals surface area (Å²) in [6, 6.07) is 13.8. The number of piperazine rings is 1. The molecular weight excluding hydrogens is 436 g/mol. The maximum atomic E-state index is 12.6. The third kappa shape index (κ3) is 4.20. The van der Waals surface area contributed by atoms with Gasteiger partial charge in [-0.25, -0.2) is 9.97 Å². The van der Waals surface area contributed by atoms with E-state index < -0.39 is 11.7 Å². The Morgan fingerprint density at radius 3 is 2.59 bits per heavy atom. The van der Waals surface area contributed by atoms with E-state index in [4.69, 9.17) is 0 Å². The number of carbonyl (C=O) groups excluding carboxylic acids is 4. The van der Waals surface area contributed by atoms with Crippen molar-refractivity contribution in [3.8, 4) is 11.3 Å². The van der Waals surface area contributed by atoms with Gasteiger partial charge in [0.15, 0.2) is 0 Å². The van der Waals surface area contributed by atoms with E-state index in [0.29, 0.717) is 36.1 Å². The Kier molecular flexibility index (Phi) is 5.46. The SMILES string of the molecule is O=C1CN(C(=O)C(=O)c2ccc(Nc3ncc4c(n3)-c3ccccc3NC(=O)C4)cc2)CCN1. The van der Waals surface area contributed by atoms with E-state index in [1.54, 1.807) is 18.3 Å². The van der Waals surface area contributed by atoms with Crippen LogP contribution in [0.1, 0.15) is 15.9 Å². The summed E-state index contributed by atoms with van der Waals surface area (Å²) in [5, 5.41) is 8.59. The molecule has 5 rings (SSSR count). The fourth-order valence-corrected chi connectivity index (χ4v) is 3.91. The number of benzene rings is 2. The molecule has 10 heteroatoms. The molecule has 3 aromatic rings. The molecule has 0 saturated carbocycles. The van der Waals surface area contributed by atoms with Crippen molar-refractivity contribution in [3.63, 3.8) is 0 Å². The van der Waals surface area contributed by atoms with Gasteiger partial charge in [-0.1, -0.05) is 18.2 Å². The first-order valence-electron chi connectivity index (χ1n) is 10.7. The number of anilines is 3. The Balaban J connectivity index is 1.34. The molecule has 3 N–H and O–H groups in total. The average molecular weight is 456 g/mol. The maximum Gasteiger partial charge on any atom is 0.295 e. The van der Waals surface area contributed by atoms with E-state index in [1.807, 2.05) is 24.3 Å². The molecule has 1 fully saturated rings. The van der Waals surface area contributed by atoms with Gasteiger partial charge in [-0.05, 0) is 30.3 Å². The van der Waals surface area contributed by atoms with Crippen LogP contribution in [-0.2, 0) is 20.8 Å². The summed E-state index contributed by atoms with van der Waals surface area (Å²) >= 11 is 0. The molecule has 0 bridgehead atoms. The lowest BCUT2D eigenvalue weighted by Crippen LogP contribution is -2.51. The summed E-state index contributed by atoms with van der Waals surface area (Å²) in [6.07, 6.45) is 1.80. The Morgan fingerprint density at radius 1 is 1.00 bits per heavy atom. The summed E-state index contributed by atoms with van der Waals surface area (Å²) in [4.78, 5) is 58.9. The lowest BCUT2D eigenvalue weighted by Gasteiger charge is -2.25. The molecule has 3 amide bonds. The van der Waals surface area contributed by atoms with Crippen LogP contribution in [0, 0.1) is 0 Å². The smallest absolute Gasteiger partial charge is 0.295 e. The number of hydrogen-bond acceptors (Lipinski definition) is 7. The van der Waals surface area contributed by atoms with Gasteiger partial charge >= 0.3 is 0 Å². The van der Waals surface area contributed by atoms with Gasteiger partial charge in [0, 0.05) is 41.7 Å². The van der Waals surface area contributed by atoms with Crippen LogP contribution in [0.25, 0.3) is 11.3 Å². The van der Waals surface area contributed by atoms with Crippen molar-refractivity contribution < 1.29 is 19.2 Å². The standard InChI is InChI=1S/C24H20N6O4/c31-19-11-15-12-26-24(29-21(15)17-3-1-2-4-18(17)28-19)27-16-7-5-14(6-8-16)22(33)23(34)30-10-9-25-20(32)13-30/h1-8,12H,9-11,13H2,(H,25,32)(H,28,31)(H,26,27,29). The van der Waals surface area contributed by atoms with Gasteiger partial charge in [0.25, 0.3) is 5.91 Å². The molecule has 3 heterocycles. The Morgan fingerprint density at radius 2 is 1.79 bits per heavy atom. The second kappa shape index (κ2) is 8.74. The molecule has 1 aromatic heterocycles. The van der Waals surface area contributed by atoms with Crippen molar-refractivity contribution in [2.24, 2.45) is 0 Å². The van der Waals surface area contributed by atoms with Gasteiger partial charge in [0.05, 0.1) is 17.8 Å². The van der Waals surface area contributed by atoms with E-state index in [9.17, 15) is 19.2 Å². The van der Waals surface area contributed by atoms with Crippen molar-refractivity contribution in [2.45, 2.75) is 6.42 Å². The Hall–Kier alpha value is -4.60. The maximum absolute atomic E-state index is 12.6. The third-order valence-corrected chi connectivity index (χ3v) is 5.59. The van der Waals surface area contributed by atoms with Crippen LogP contribution in [0.3, 0.4) is 0 Å². The highest BCUT2D eigenvalue weighted by molar-refractivity contribution is 6.43. The lowest BCUT2D eigenvalue weighted by molar-refractivity contribution is -0.134. The quantitative estimate of drug-likeness (QED) is 0.400. The van der Waals surface area contributed by atoms with E-state index >= 15 is 0 Å². The highest BCUT2D eigenvalue weighted by atomic mass is 16.2. The molecule has 0 aliphatic carbocycles. The number of Topliss-reactive ketones (excluding diaryl/α,β-unsaturated/α-hetero) is 1. The van der Waals surface area contributed by atoms with Gasteiger partial charge in [0.2, 0.25) is 23.5 Å². The lowest BCUT2D eigenvalue weighted by atomic mass is 10.1.